The molecule has 2 aromatic carbocycles. The number of ether oxygens (including phenoxy) is 1. The number of rotatable bonds is 9. The van der Waals surface area contributed by atoms with Gasteiger partial charge >= 0.3 is 12.1 Å². The minimum absolute atomic E-state index is 0.0265. The first-order valence-corrected chi connectivity index (χ1v) is 12.0. The maximum atomic E-state index is 12.4. The number of amides is 2. The van der Waals surface area contributed by atoms with Gasteiger partial charge in [-0.3, -0.25) is 9.59 Å². The van der Waals surface area contributed by atoms with E-state index in [0.29, 0.717) is 32.5 Å². The average molecular weight is 465 g/mol. The van der Waals surface area contributed by atoms with Crippen LogP contribution in [0.25, 0.3) is 11.1 Å². The summed E-state index contributed by atoms with van der Waals surface area (Å²) < 4.78 is 5.57. The van der Waals surface area contributed by atoms with Crippen LogP contribution >= 0.6 is 0 Å². The summed E-state index contributed by atoms with van der Waals surface area (Å²) in [4.78, 5) is 37.4. The minimum Gasteiger partial charge on any atom is -0.481 e. The molecule has 4 rings (SSSR count). The van der Waals surface area contributed by atoms with Crippen LogP contribution in [0.2, 0.25) is 0 Å². The van der Waals surface area contributed by atoms with E-state index in [9.17, 15) is 14.4 Å². The molecule has 2 aromatic rings. The van der Waals surface area contributed by atoms with Crippen LogP contribution in [0, 0.1) is 11.8 Å². The third kappa shape index (κ3) is 5.58. The second-order valence-corrected chi connectivity index (χ2v) is 9.44. The van der Waals surface area contributed by atoms with Crippen molar-refractivity contribution in [2.45, 2.75) is 38.5 Å². The van der Waals surface area contributed by atoms with Crippen molar-refractivity contribution in [1.82, 2.24) is 10.2 Å². The molecule has 1 aliphatic heterocycles. The van der Waals surface area contributed by atoms with Gasteiger partial charge in [-0.15, -0.1) is 0 Å². The molecule has 2 unspecified atom stereocenters. The Bertz CT molecular complexity index is 1010. The van der Waals surface area contributed by atoms with Crippen LogP contribution in [0.4, 0.5) is 4.79 Å². The van der Waals surface area contributed by atoms with Crippen LogP contribution in [0.1, 0.15) is 49.7 Å². The zero-order valence-electron chi connectivity index (χ0n) is 19.5. The molecular formula is C27H32N2O5. The third-order valence-electron chi connectivity index (χ3n) is 6.89. The van der Waals surface area contributed by atoms with E-state index in [1.165, 1.54) is 22.3 Å². The number of fused-ring (bicyclic) bond motifs is 3. The molecule has 1 fully saturated rings. The maximum Gasteiger partial charge on any atom is 0.407 e. The molecule has 2 aliphatic rings. The van der Waals surface area contributed by atoms with Gasteiger partial charge in [0, 0.05) is 38.4 Å². The summed E-state index contributed by atoms with van der Waals surface area (Å²) in [6, 6.07) is 16.4. The predicted molar refractivity (Wildman–Crippen MR) is 128 cm³/mol. The SMILES string of the molecule is CC(CCC(=O)N1CCC(CC(=O)O)C1)CNC(=O)OCC1c2ccccc2-c2ccccc21. The Balaban J connectivity index is 1.18. The number of hydrogen-bond acceptors (Lipinski definition) is 4. The van der Waals surface area contributed by atoms with E-state index in [4.69, 9.17) is 9.84 Å². The van der Waals surface area contributed by atoms with Crippen LogP contribution in [0.3, 0.4) is 0 Å². The number of carbonyl (C=O) groups excluding carboxylic acids is 2. The summed E-state index contributed by atoms with van der Waals surface area (Å²) in [6.45, 7) is 3.86. The van der Waals surface area contributed by atoms with Crippen LogP contribution in [0.5, 0.6) is 0 Å². The fourth-order valence-corrected chi connectivity index (χ4v) is 5.01. The Kier molecular flexibility index (Phi) is 7.50. The number of carboxylic acid groups (broad SMARTS) is 1. The number of nitrogens with zero attached hydrogens (tertiary/aromatic N) is 1. The maximum absolute atomic E-state index is 12.4. The second kappa shape index (κ2) is 10.7. The van der Waals surface area contributed by atoms with E-state index >= 15 is 0 Å². The summed E-state index contributed by atoms with van der Waals surface area (Å²) in [7, 11) is 0. The van der Waals surface area contributed by atoms with Gasteiger partial charge in [0.05, 0.1) is 0 Å². The highest BCUT2D eigenvalue weighted by Crippen LogP contribution is 2.44. The van der Waals surface area contributed by atoms with Gasteiger partial charge in [0.15, 0.2) is 0 Å². The van der Waals surface area contributed by atoms with Crippen molar-refractivity contribution in [1.29, 1.82) is 0 Å². The number of nitrogens with one attached hydrogen (secondary N) is 1. The van der Waals surface area contributed by atoms with Crippen molar-refractivity contribution in [3.05, 3.63) is 59.7 Å². The van der Waals surface area contributed by atoms with Crippen molar-refractivity contribution >= 4 is 18.0 Å². The highest BCUT2D eigenvalue weighted by Gasteiger charge is 2.29. The highest BCUT2D eigenvalue weighted by atomic mass is 16.5. The molecule has 7 nitrogen and oxygen atoms in total. The number of alkyl carbamates (subject to hydrolysis) is 1. The normalized spacial score (nSPS) is 17.7. The third-order valence-corrected chi connectivity index (χ3v) is 6.89. The van der Waals surface area contributed by atoms with Crippen molar-refractivity contribution in [2.24, 2.45) is 11.8 Å². The standard InChI is InChI=1S/C27H32N2O5/c1-18(10-11-25(30)29-13-12-19(16-29)14-26(31)32)15-28-27(33)34-17-24-22-8-4-2-6-20(22)21-7-3-5-9-23(21)24/h2-9,18-19,24H,10-17H2,1H3,(H,28,33)(H,31,32). The fourth-order valence-electron chi connectivity index (χ4n) is 5.01. The van der Waals surface area contributed by atoms with Gasteiger partial charge in [-0.1, -0.05) is 55.5 Å². The van der Waals surface area contributed by atoms with E-state index < -0.39 is 12.1 Å². The Morgan fingerprint density at radius 3 is 2.38 bits per heavy atom. The van der Waals surface area contributed by atoms with E-state index in [-0.39, 0.29) is 36.7 Å². The summed E-state index contributed by atoms with van der Waals surface area (Å²) in [5, 5.41) is 11.7. The fraction of sp³-hybridized carbons (Fsp3) is 0.444. The van der Waals surface area contributed by atoms with Gasteiger partial charge in [0.1, 0.15) is 6.61 Å². The lowest BCUT2D eigenvalue weighted by molar-refractivity contribution is -0.138. The number of benzene rings is 2. The Labute approximate surface area is 200 Å². The molecule has 7 heteroatoms. The molecule has 34 heavy (non-hydrogen) atoms. The molecule has 1 heterocycles. The number of carbonyl (C=O) groups is 3. The van der Waals surface area contributed by atoms with Gasteiger partial charge in [-0.2, -0.15) is 0 Å². The molecule has 2 atom stereocenters. The molecular weight excluding hydrogens is 432 g/mol. The van der Waals surface area contributed by atoms with Gasteiger partial charge in [0.25, 0.3) is 0 Å². The largest absolute Gasteiger partial charge is 0.481 e. The van der Waals surface area contributed by atoms with Crippen molar-refractivity contribution < 1.29 is 24.2 Å². The van der Waals surface area contributed by atoms with Crippen LogP contribution in [-0.2, 0) is 14.3 Å². The zero-order valence-corrected chi connectivity index (χ0v) is 19.5. The lowest BCUT2D eigenvalue weighted by atomic mass is 9.98. The van der Waals surface area contributed by atoms with E-state index in [1.807, 2.05) is 31.2 Å². The Hall–Kier alpha value is -3.35. The number of aliphatic carboxylic acids is 1. The minimum atomic E-state index is -0.813. The first-order valence-electron chi connectivity index (χ1n) is 12.0. The second-order valence-electron chi connectivity index (χ2n) is 9.44. The van der Waals surface area contributed by atoms with Crippen molar-refractivity contribution in [2.75, 3.05) is 26.2 Å². The lowest BCUT2D eigenvalue weighted by Gasteiger charge is -2.18. The molecule has 1 saturated heterocycles. The van der Waals surface area contributed by atoms with E-state index in [1.54, 1.807) is 4.90 Å². The number of hydrogen-bond donors (Lipinski definition) is 2. The average Bonchev–Trinajstić information content (AvgIpc) is 3.42. The molecule has 2 amide bonds. The first-order chi connectivity index (χ1) is 16.4. The Morgan fingerprint density at radius 1 is 1.09 bits per heavy atom. The molecule has 0 bridgehead atoms. The van der Waals surface area contributed by atoms with Gasteiger partial charge in [-0.25, -0.2) is 4.79 Å². The van der Waals surface area contributed by atoms with Crippen LogP contribution in [0.15, 0.2) is 48.5 Å². The van der Waals surface area contributed by atoms with Crippen molar-refractivity contribution in [3.63, 3.8) is 0 Å². The predicted octanol–water partition coefficient (Wildman–Crippen LogP) is 4.26. The van der Waals surface area contributed by atoms with Gasteiger partial charge in [0.2, 0.25) is 5.91 Å². The van der Waals surface area contributed by atoms with Gasteiger partial charge in [-0.05, 0) is 46.9 Å². The first kappa shape index (κ1) is 23.8. The number of carboxylic acids is 1. The summed E-state index contributed by atoms with van der Waals surface area (Å²) in [5.74, 6) is -0.553. The quantitative estimate of drug-likeness (QED) is 0.578. The van der Waals surface area contributed by atoms with E-state index in [0.717, 1.165) is 6.42 Å². The molecule has 180 valence electrons. The lowest BCUT2D eigenvalue weighted by Crippen LogP contribution is -2.32. The summed E-state index contributed by atoms with van der Waals surface area (Å²) >= 11 is 0. The monoisotopic (exact) mass is 464 g/mol. The molecule has 1 aliphatic carbocycles. The van der Waals surface area contributed by atoms with Crippen molar-refractivity contribution in [3.8, 4) is 11.1 Å². The topological polar surface area (TPSA) is 95.9 Å². The molecule has 2 N–H and O–H groups in total. The van der Waals surface area contributed by atoms with E-state index in [2.05, 4.69) is 29.6 Å². The van der Waals surface area contributed by atoms with Gasteiger partial charge < -0.3 is 20.1 Å². The van der Waals surface area contributed by atoms with Crippen LogP contribution < -0.4 is 5.32 Å². The zero-order chi connectivity index (χ0) is 24.1. The highest BCUT2D eigenvalue weighted by molar-refractivity contribution is 5.79. The molecule has 0 spiro atoms. The Morgan fingerprint density at radius 2 is 1.74 bits per heavy atom. The molecule has 0 aromatic heterocycles. The summed E-state index contributed by atoms with van der Waals surface area (Å²) in [6.07, 6.45) is 1.47. The summed E-state index contributed by atoms with van der Waals surface area (Å²) in [5.41, 5.74) is 4.74. The number of likely N-dealkylation sites (tertiary alicyclic amines) is 1. The molecule has 0 saturated carbocycles. The smallest absolute Gasteiger partial charge is 0.407 e. The van der Waals surface area contributed by atoms with Crippen LogP contribution in [-0.4, -0.2) is 54.2 Å². The molecule has 0 radical (unpaired) electrons.